The van der Waals surface area contributed by atoms with Gasteiger partial charge in [0.15, 0.2) is 5.65 Å². The van der Waals surface area contributed by atoms with E-state index in [0.717, 1.165) is 10.2 Å². The third kappa shape index (κ3) is 4.62. The molecule has 0 aliphatic heterocycles. The van der Waals surface area contributed by atoms with Gasteiger partial charge in [-0.15, -0.1) is 0 Å². The minimum Gasteiger partial charge on any atom is -0.391 e. The number of nitrogens with one attached hydrogen (secondary N) is 1. The van der Waals surface area contributed by atoms with E-state index in [4.69, 9.17) is 4.52 Å². The second-order valence-corrected chi connectivity index (χ2v) is 11.6. The average molecular weight is 585 g/mol. The Labute approximate surface area is 231 Å². The van der Waals surface area contributed by atoms with Gasteiger partial charge in [0.05, 0.1) is 39.7 Å². The Morgan fingerprint density at radius 2 is 1.83 bits per heavy atom. The van der Waals surface area contributed by atoms with Crippen molar-refractivity contribution in [2.45, 2.75) is 49.9 Å². The lowest BCUT2D eigenvalue weighted by atomic mass is 9.89. The second-order valence-electron chi connectivity index (χ2n) is 9.77. The summed E-state index contributed by atoms with van der Waals surface area (Å²) < 4.78 is 76.3. The van der Waals surface area contributed by atoms with Gasteiger partial charge in [-0.25, -0.2) is 27.3 Å². The van der Waals surface area contributed by atoms with Gasteiger partial charge in [0.1, 0.15) is 11.3 Å². The number of pyridine rings is 1. The number of fused-ring (bicyclic) bond motifs is 1. The number of anilines is 1. The maximum Gasteiger partial charge on any atom is 0.419 e. The topological polar surface area (TPSA) is 136 Å². The van der Waals surface area contributed by atoms with Gasteiger partial charge in [-0.05, 0) is 51.0 Å². The van der Waals surface area contributed by atoms with Gasteiger partial charge < -0.3 is 14.9 Å². The van der Waals surface area contributed by atoms with Crippen LogP contribution in [0.5, 0.6) is 0 Å². The van der Waals surface area contributed by atoms with Crippen LogP contribution in [0.15, 0.2) is 64.3 Å². The van der Waals surface area contributed by atoms with E-state index in [1.54, 1.807) is 38.1 Å². The van der Waals surface area contributed by atoms with Crippen molar-refractivity contribution in [3.63, 3.8) is 0 Å². The van der Waals surface area contributed by atoms with Crippen molar-refractivity contribution in [2.24, 2.45) is 0 Å². The molecule has 0 saturated heterocycles. The number of aliphatic hydroxyl groups excluding tert-OH is 1. The van der Waals surface area contributed by atoms with E-state index in [0.29, 0.717) is 41.8 Å². The highest BCUT2D eigenvalue weighted by Gasteiger charge is 2.38. The van der Waals surface area contributed by atoms with Crippen molar-refractivity contribution in [2.75, 3.05) is 5.32 Å². The molecule has 41 heavy (non-hydrogen) atoms. The van der Waals surface area contributed by atoms with Crippen molar-refractivity contribution < 1.29 is 31.2 Å². The molecule has 2 unspecified atom stereocenters. The van der Waals surface area contributed by atoms with E-state index in [2.05, 4.69) is 25.4 Å². The van der Waals surface area contributed by atoms with Gasteiger partial charge in [0.2, 0.25) is 5.95 Å². The van der Waals surface area contributed by atoms with E-state index in [9.17, 15) is 26.7 Å². The normalized spacial score (nSPS) is 17.5. The van der Waals surface area contributed by atoms with Gasteiger partial charge in [-0.1, -0.05) is 23.4 Å². The molecule has 1 fully saturated rings. The van der Waals surface area contributed by atoms with Crippen LogP contribution in [-0.4, -0.2) is 49.8 Å². The zero-order valence-electron chi connectivity index (χ0n) is 21.7. The van der Waals surface area contributed by atoms with Crippen molar-refractivity contribution >= 4 is 27.0 Å². The molecule has 1 aliphatic carbocycles. The molecule has 2 N–H and O–H groups in total. The summed E-state index contributed by atoms with van der Waals surface area (Å²) in [6.45, 7) is 3.38. The number of alkyl halides is 3. The van der Waals surface area contributed by atoms with Crippen molar-refractivity contribution in [3.8, 4) is 22.5 Å². The summed E-state index contributed by atoms with van der Waals surface area (Å²) in [7, 11) is -4.30. The third-order valence-electron chi connectivity index (χ3n) is 7.11. The third-order valence-corrected chi connectivity index (χ3v) is 8.78. The van der Waals surface area contributed by atoms with Crippen molar-refractivity contribution in [3.05, 3.63) is 71.9 Å². The summed E-state index contributed by atoms with van der Waals surface area (Å²) in [6, 6.07) is 10.2. The minimum atomic E-state index is -4.85. The molecule has 1 aliphatic rings. The number of hydrogen-bond donors (Lipinski definition) is 2. The summed E-state index contributed by atoms with van der Waals surface area (Å²) in [5.74, 6) is 0.325. The average Bonchev–Trinajstić information content (AvgIpc) is 3.50. The Kier molecular flexibility index (Phi) is 6.34. The first-order chi connectivity index (χ1) is 19.4. The Hall–Kier alpha value is -4.30. The van der Waals surface area contributed by atoms with E-state index in [1.807, 2.05) is 0 Å². The molecule has 10 nitrogen and oxygen atoms in total. The lowest BCUT2D eigenvalue weighted by Gasteiger charge is -2.33. The van der Waals surface area contributed by atoms with Gasteiger partial charge in [-0.2, -0.15) is 13.2 Å². The van der Waals surface area contributed by atoms with E-state index in [1.165, 1.54) is 18.2 Å². The SMILES string of the molecule is Cc1noc(C)c1-c1ccc2c(-c3nc(NC4CCC4O)ncc3C(F)(F)F)cn(S(=O)(=O)c3ccccc3)c2n1. The summed E-state index contributed by atoms with van der Waals surface area (Å²) in [5, 5.41) is 16.9. The van der Waals surface area contributed by atoms with E-state index < -0.39 is 39.6 Å². The summed E-state index contributed by atoms with van der Waals surface area (Å²) >= 11 is 0. The number of rotatable bonds is 6. The zero-order valence-corrected chi connectivity index (χ0v) is 22.5. The predicted molar refractivity (Wildman–Crippen MR) is 142 cm³/mol. The van der Waals surface area contributed by atoms with Crippen LogP contribution in [-0.2, 0) is 16.2 Å². The number of aryl methyl sites for hydroxylation is 2. The molecule has 2 atom stereocenters. The van der Waals surface area contributed by atoms with Gasteiger partial charge in [0.25, 0.3) is 10.0 Å². The molecule has 0 spiro atoms. The fourth-order valence-corrected chi connectivity index (χ4v) is 6.16. The molecule has 4 aromatic heterocycles. The number of hydrogen-bond acceptors (Lipinski definition) is 9. The highest BCUT2D eigenvalue weighted by Crippen LogP contribution is 2.41. The zero-order chi connectivity index (χ0) is 29.1. The largest absolute Gasteiger partial charge is 0.419 e. The van der Waals surface area contributed by atoms with Crippen LogP contribution in [0, 0.1) is 13.8 Å². The van der Waals surface area contributed by atoms with Crippen LogP contribution in [0.4, 0.5) is 19.1 Å². The molecule has 6 rings (SSSR count). The van der Waals surface area contributed by atoms with Crippen LogP contribution in [0.1, 0.15) is 29.9 Å². The molecule has 5 aromatic rings. The van der Waals surface area contributed by atoms with Gasteiger partial charge in [0, 0.05) is 23.3 Å². The van der Waals surface area contributed by atoms with Gasteiger partial charge in [-0.3, -0.25) is 0 Å². The first-order valence-electron chi connectivity index (χ1n) is 12.6. The fraction of sp³-hybridized carbons (Fsp3) is 0.259. The summed E-state index contributed by atoms with van der Waals surface area (Å²) in [6.07, 6.45) is -2.62. The number of benzene rings is 1. The molecule has 0 radical (unpaired) electrons. The van der Waals surface area contributed by atoms with Crippen LogP contribution in [0.3, 0.4) is 0 Å². The maximum absolute atomic E-state index is 14.2. The molecular weight excluding hydrogens is 561 g/mol. The molecule has 1 aromatic carbocycles. The standard InChI is InChI=1S/C27H23F3N6O4S/c1-14-23(15(2)40-35-14)21-9-8-17-18(13-36(25(17)32-21)41(38,39)16-6-4-3-5-7-16)24-19(27(28,29)30)12-31-26(34-24)33-20-10-11-22(20)37/h3-9,12-13,20,22,37H,10-11H2,1-2H3,(H,31,33,34). The number of nitrogens with zero attached hydrogens (tertiary/aromatic N) is 5. The molecule has 14 heteroatoms. The lowest BCUT2D eigenvalue weighted by Crippen LogP contribution is -2.43. The van der Waals surface area contributed by atoms with Crippen LogP contribution in [0.2, 0.25) is 0 Å². The minimum absolute atomic E-state index is 0.0759. The maximum atomic E-state index is 14.2. The lowest BCUT2D eigenvalue weighted by molar-refractivity contribution is -0.137. The van der Waals surface area contributed by atoms with E-state index >= 15 is 0 Å². The molecule has 4 heterocycles. The molecule has 1 saturated carbocycles. The molecular formula is C27H23F3N6O4S. The smallest absolute Gasteiger partial charge is 0.391 e. The monoisotopic (exact) mass is 584 g/mol. The second kappa shape index (κ2) is 9.66. The molecule has 212 valence electrons. The fourth-order valence-electron chi connectivity index (χ4n) is 4.82. The van der Waals surface area contributed by atoms with E-state index in [-0.39, 0.29) is 27.4 Å². The molecule has 0 bridgehead atoms. The van der Waals surface area contributed by atoms with Crippen LogP contribution < -0.4 is 5.32 Å². The van der Waals surface area contributed by atoms with Crippen molar-refractivity contribution in [1.29, 1.82) is 0 Å². The van der Waals surface area contributed by atoms with Crippen LogP contribution in [0.25, 0.3) is 33.5 Å². The van der Waals surface area contributed by atoms with Crippen LogP contribution >= 0.6 is 0 Å². The Bertz CT molecular complexity index is 1870. The number of aromatic nitrogens is 5. The quantitative estimate of drug-likeness (QED) is 0.284. The van der Waals surface area contributed by atoms with Crippen molar-refractivity contribution in [1.82, 2.24) is 24.1 Å². The highest BCUT2D eigenvalue weighted by molar-refractivity contribution is 7.90. The Balaban J connectivity index is 1.62. The highest BCUT2D eigenvalue weighted by atomic mass is 32.2. The summed E-state index contributed by atoms with van der Waals surface area (Å²) in [4.78, 5) is 12.5. The number of halogens is 3. The Morgan fingerprint density at radius 3 is 2.44 bits per heavy atom. The first-order valence-corrected chi connectivity index (χ1v) is 14.0. The Morgan fingerprint density at radius 1 is 1.07 bits per heavy atom. The first kappa shape index (κ1) is 26.9. The molecule has 0 amide bonds. The predicted octanol–water partition coefficient (Wildman–Crippen LogP) is 4.96. The number of aliphatic hydroxyl groups is 1. The van der Waals surface area contributed by atoms with Gasteiger partial charge >= 0.3 is 6.18 Å². The summed E-state index contributed by atoms with van der Waals surface area (Å²) in [5.41, 5.74) is -0.486.